The van der Waals surface area contributed by atoms with Gasteiger partial charge < -0.3 is 9.97 Å². The fourth-order valence-electron chi connectivity index (χ4n) is 6.14. The molecule has 8 rings (SSSR count). The van der Waals surface area contributed by atoms with Crippen molar-refractivity contribution in [1.82, 2.24) is 38.5 Å². The minimum atomic E-state index is -3.47. The molecule has 256 valence electrons. The van der Waals surface area contributed by atoms with Gasteiger partial charge in [0.2, 0.25) is 20.0 Å². The molecule has 2 aliphatic rings. The summed E-state index contributed by atoms with van der Waals surface area (Å²) in [6.45, 7) is 1.93. The van der Waals surface area contributed by atoms with E-state index >= 15 is 0 Å². The van der Waals surface area contributed by atoms with Crippen molar-refractivity contribution < 1.29 is 16.8 Å². The normalized spacial score (nSPS) is 16.3. The SMILES string of the molecule is O=S(=O)(c1ccc(-c2ccccn2)cc1)N1CC(c2ncc[nH]2)C1.O=S(=O)(c1ccc(-c2ccccn2)cc1)N1CCC(c2ncc[nH]2)CC1. The minimum Gasteiger partial charge on any atom is -0.348 e. The molecule has 50 heavy (non-hydrogen) atoms. The molecular formula is C36H36N8O4S2. The average molecular weight is 709 g/mol. The van der Waals surface area contributed by atoms with Crippen LogP contribution in [0.4, 0.5) is 0 Å². The summed E-state index contributed by atoms with van der Waals surface area (Å²) in [6.07, 6.45) is 12.0. The molecule has 0 aliphatic carbocycles. The van der Waals surface area contributed by atoms with Crippen LogP contribution in [0.1, 0.15) is 36.3 Å². The summed E-state index contributed by atoms with van der Waals surface area (Å²) in [5.74, 6) is 2.22. The number of sulfonamides is 2. The fraction of sp³-hybridized carbons (Fsp3) is 0.222. The Morgan fingerprint density at radius 1 is 0.520 bits per heavy atom. The van der Waals surface area contributed by atoms with Crippen LogP contribution in [0, 0.1) is 0 Å². The Hall–Kier alpha value is -5.02. The second kappa shape index (κ2) is 14.5. The zero-order chi connectivity index (χ0) is 34.6. The van der Waals surface area contributed by atoms with E-state index in [9.17, 15) is 16.8 Å². The van der Waals surface area contributed by atoms with E-state index in [1.54, 1.807) is 71.7 Å². The van der Waals surface area contributed by atoms with Gasteiger partial charge in [0.05, 0.1) is 21.2 Å². The van der Waals surface area contributed by atoms with Crippen molar-refractivity contribution in [3.05, 3.63) is 134 Å². The maximum absolute atomic E-state index is 12.9. The molecule has 0 spiro atoms. The van der Waals surface area contributed by atoms with Gasteiger partial charge >= 0.3 is 0 Å². The molecule has 2 aromatic carbocycles. The van der Waals surface area contributed by atoms with Crippen LogP contribution in [-0.2, 0) is 20.0 Å². The molecule has 12 nitrogen and oxygen atoms in total. The van der Waals surface area contributed by atoms with Crippen LogP contribution in [0.25, 0.3) is 22.5 Å². The van der Waals surface area contributed by atoms with E-state index in [1.807, 2.05) is 54.7 Å². The maximum atomic E-state index is 12.9. The highest BCUT2D eigenvalue weighted by Crippen LogP contribution is 2.32. The number of imidazole rings is 2. The lowest BCUT2D eigenvalue weighted by Crippen LogP contribution is -2.48. The highest BCUT2D eigenvalue weighted by Gasteiger charge is 2.38. The number of hydrogen-bond donors (Lipinski definition) is 2. The summed E-state index contributed by atoms with van der Waals surface area (Å²) >= 11 is 0. The Kier molecular flexibility index (Phi) is 9.68. The molecule has 6 heterocycles. The van der Waals surface area contributed by atoms with Gasteiger partial charge in [-0.05, 0) is 61.4 Å². The van der Waals surface area contributed by atoms with E-state index in [-0.39, 0.29) is 5.92 Å². The van der Waals surface area contributed by atoms with Gasteiger partial charge in [-0.15, -0.1) is 0 Å². The fourth-order valence-corrected chi connectivity index (χ4v) is 9.14. The summed E-state index contributed by atoms with van der Waals surface area (Å²) in [5.41, 5.74) is 3.45. The number of piperidine rings is 1. The largest absolute Gasteiger partial charge is 0.348 e. The first-order chi connectivity index (χ1) is 24.3. The number of H-pyrrole nitrogens is 2. The summed E-state index contributed by atoms with van der Waals surface area (Å²) in [5, 5.41) is 0. The van der Waals surface area contributed by atoms with E-state index in [2.05, 4.69) is 29.9 Å². The molecule has 2 fully saturated rings. The van der Waals surface area contributed by atoms with E-state index in [4.69, 9.17) is 0 Å². The van der Waals surface area contributed by atoms with Crippen LogP contribution < -0.4 is 0 Å². The van der Waals surface area contributed by atoms with Crippen molar-refractivity contribution in [3.8, 4) is 22.5 Å². The Balaban J connectivity index is 0.000000157. The third kappa shape index (κ3) is 7.14. The summed E-state index contributed by atoms with van der Waals surface area (Å²) in [6, 6.07) is 25.1. The van der Waals surface area contributed by atoms with Gasteiger partial charge in [0.1, 0.15) is 11.6 Å². The number of nitrogens with one attached hydrogen (secondary N) is 2. The molecule has 6 aromatic rings. The number of benzene rings is 2. The first-order valence-electron chi connectivity index (χ1n) is 16.3. The molecule has 4 aromatic heterocycles. The molecule has 0 amide bonds. The van der Waals surface area contributed by atoms with Gasteiger partial charge in [-0.2, -0.15) is 8.61 Å². The van der Waals surface area contributed by atoms with E-state index in [0.29, 0.717) is 41.9 Å². The van der Waals surface area contributed by atoms with Crippen molar-refractivity contribution >= 4 is 20.0 Å². The molecule has 0 radical (unpaired) electrons. The Morgan fingerprint density at radius 2 is 0.980 bits per heavy atom. The van der Waals surface area contributed by atoms with Crippen molar-refractivity contribution in [2.75, 3.05) is 26.2 Å². The van der Waals surface area contributed by atoms with Crippen LogP contribution in [0.3, 0.4) is 0 Å². The van der Waals surface area contributed by atoms with Gasteiger partial charge in [-0.3, -0.25) is 9.97 Å². The summed E-state index contributed by atoms with van der Waals surface area (Å²) < 4.78 is 54.2. The number of pyridine rings is 2. The van der Waals surface area contributed by atoms with Gasteiger partial charge in [-0.25, -0.2) is 26.8 Å². The first kappa shape index (κ1) is 33.5. The van der Waals surface area contributed by atoms with Crippen LogP contribution in [0.2, 0.25) is 0 Å². The number of hydrogen-bond acceptors (Lipinski definition) is 8. The molecule has 0 bridgehead atoms. The predicted molar refractivity (Wildman–Crippen MR) is 189 cm³/mol. The topological polar surface area (TPSA) is 158 Å². The number of aromatic nitrogens is 6. The quantitative estimate of drug-likeness (QED) is 0.216. The van der Waals surface area contributed by atoms with Crippen molar-refractivity contribution in [2.24, 2.45) is 0 Å². The highest BCUT2D eigenvalue weighted by atomic mass is 32.2. The number of aromatic amines is 2. The van der Waals surface area contributed by atoms with Crippen LogP contribution >= 0.6 is 0 Å². The van der Waals surface area contributed by atoms with Gasteiger partial charge in [-0.1, -0.05) is 36.4 Å². The predicted octanol–water partition coefficient (Wildman–Crippen LogP) is 5.30. The molecular weight excluding hydrogens is 673 g/mol. The zero-order valence-corrected chi connectivity index (χ0v) is 28.7. The van der Waals surface area contributed by atoms with Crippen molar-refractivity contribution in [2.45, 2.75) is 34.5 Å². The molecule has 0 saturated carbocycles. The van der Waals surface area contributed by atoms with E-state index < -0.39 is 20.0 Å². The van der Waals surface area contributed by atoms with Crippen LogP contribution in [0.15, 0.2) is 132 Å². The molecule has 14 heteroatoms. The first-order valence-corrected chi connectivity index (χ1v) is 19.2. The monoisotopic (exact) mass is 708 g/mol. The third-order valence-corrected chi connectivity index (χ3v) is 12.8. The highest BCUT2D eigenvalue weighted by molar-refractivity contribution is 7.89. The van der Waals surface area contributed by atoms with Gasteiger partial charge in [0.15, 0.2) is 0 Å². The third-order valence-electron chi connectivity index (χ3n) is 9.02. The van der Waals surface area contributed by atoms with Gasteiger partial charge in [0, 0.05) is 86.3 Å². The Morgan fingerprint density at radius 3 is 1.40 bits per heavy atom. The Labute approximate surface area is 291 Å². The Bertz CT molecular complexity index is 2190. The van der Waals surface area contributed by atoms with Gasteiger partial charge in [0.25, 0.3) is 0 Å². The lowest BCUT2D eigenvalue weighted by molar-refractivity contribution is 0.257. The maximum Gasteiger partial charge on any atom is 0.243 e. The van der Waals surface area contributed by atoms with E-state index in [1.165, 1.54) is 4.31 Å². The molecule has 2 saturated heterocycles. The number of nitrogens with zero attached hydrogens (tertiary/aromatic N) is 6. The molecule has 0 unspecified atom stereocenters. The minimum absolute atomic E-state index is 0.141. The number of rotatable bonds is 8. The lowest BCUT2D eigenvalue weighted by Gasteiger charge is -2.36. The average Bonchev–Trinajstić information content (AvgIpc) is 3.88. The summed E-state index contributed by atoms with van der Waals surface area (Å²) in [4.78, 5) is 23.8. The standard InChI is InChI=1S/C19H20N4O2S.C17H16N4O2S/c24-26(25,23-13-8-16(9-14-23)19-21-11-12-22-19)17-6-4-15(5-7-17)18-3-1-2-10-20-18;22-24(23,21-11-14(12-21)17-19-9-10-20-17)15-6-4-13(5-7-15)16-3-1-2-8-18-16/h1-7,10-12,16H,8-9,13-14H2,(H,21,22);1-10,14H,11-12H2,(H,19,20). The lowest BCUT2D eigenvalue weighted by atomic mass is 9.98. The molecule has 2 aliphatic heterocycles. The molecule has 0 atom stereocenters. The van der Waals surface area contributed by atoms with Crippen molar-refractivity contribution in [1.29, 1.82) is 0 Å². The van der Waals surface area contributed by atoms with Crippen LogP contribution in [-0.4, -0.2) is 81.5 Å². The second-order valence-electron chi connectivity index (χ2n) is 12.1. The zero-order valence-electron chi connectivity index (χ0n) is 27.1. The van der Waals surface area contributed by atoms with E-state index in [0.717, 1.165) is 47.0 Å². The van der Waals surface area contributed by atoms with Crippen molar-refractivity contribution in [3.63, 3.8) is 0 Å². The second-order valence-corrected chi connectivity index (χ2v) is 16.0. The summed E-state index contributed by atoms with van der Waals surface area (Å²) in [7, 11) is -6.92. The smallest absolute Gasteiger partial charge is 0.243 e. The molecule has 2 N–H and O–H groups in total. The van der Waals surface area contributed by atoms with Crippen LogP contribution in [0.5, 0.6) is 0 Å².